The number of anilines is 2. The Morgan fingerprint density at radius 1 is 1.36 bits per heavy atom. The van der Waals surface area contributed by atoms with Gasteiger partial charge in [0.2, 0.25) is 0 Å². The van der Waals surface area contributed by atoms with Gasteiger partial charge in [0, 0.05) is 43.8 Å². The number of carbonyl (C=O) groups is 1. The third kappa shape index (κ3) is 4.75. The van der Waals surface area contributed by atoms with E-state index in [0.29, 0.717) is 0 Å². The summed E-state index contributed by atoms with van der Waals surface area (Å²) in [5.41, 5.74) is 5.22. The summed E-state index contributed by atoms with van der Waals surface area (Å²) < 4.78 is 1.88. The highest BCUT2D eigenvalue weighted by molar-refractivity contribution is 5.90. The molecule has 0 radical (unpaired) electrons. The van der Waals surface area contributed by atoms with Gasteiger partial charge in [0.05, 0.1) is 5.69 Å². The van der Waals surface area contributed by atoms with Gasteiger partial charge in [-0.05, 0) is 57.9 Å². The average Bonchev–Trinajstić information content (AvgIpc) is 2.80. The first kappa shape index (κ1) is 18.8. The number of hydrogen-bond acceptors (Lipinski definition) is 3. The van der Waals surface area contributed by atoms with Crippen LogP contribution >= 0.6 is 0 Å². The number of urea groups is 1. The molecule has 6 nitrogen and oxygen atoms in total. The average molecular weight is 343 g/mol. The van der Waals surface area contributed by atoms with Crippen LogP contribution in [0.1, 0.15) is 30.8 Å². The molecule has 0 aliphatic heterocycles. The van der Waals surface area contributed by atoms with E-state index >= 15 is 0 Å². The molecule has 136 valence electrons. The smallest absolute Gasteiger partial charge is 0.319 e. The number of nitrogens with one attached hydrogen (secondary N) is 2. The standard InChI is InChI=1S/C19H29N5O/c1-7-23(5)17-10-8-9-16(12-17)21-19(25)20-13(2)11-18-14(3)22-24(6)15(18)4/h8-10,12-13H,7,11H2,1-6H3,(H2,20,21,25)/t13-/m1/s1. The Hall–Kier alpha value is -2.50. The topological polar surface area (TPSA) is 62.2 Å². The van der Waals surface area contributed by atoms with Crippen LogP contribution in [0.2, 0.25) is 0 Å². The number of aryl methyl sites for hydroxylation is 2. The number of amides is 2. The lowest BCUT2D eigenvalue weighted by molar-refractivity contribution is 0.249. The van der Waals surface area contributed by atoms with Crippen LogP contribution in [0.5, 0.6) is 0 Å². The van der Waals surface area contributed by atoms with Gasteiger partial charge < -0.3 is 15.5 Å². The van der Waals surface area contributed by atoms with Crippen molar-refractivity contribution in [2.45, 2.75) is 40.2 Å². The monoisotopic (exact) mass is 343 g/mol. The molecule has 0 spiro atoms. The summed E-state index contributed by atoms with van der Waals surface area (Å²) in [6, 6.07) is 7.67. The number of rotatable bonds is 6. The van der Waals surface area contributed by atoms with Crippen LogP contribution in [0.3, 0.4) is 0 Å². The minimum atomic E-state index is -0.192. The molecule has 2 aromatic rings. The first-order chi connectivity index (χ1) is 11.8. The molecule has 0 aliphatic carbocycles. The molecule has 2 rings (SSSR count). The maximum absolute atomic E-state index is 12.3. The van der Waals surface area contributed by atoms with E-state index in [9.17, 15) is 4.79 Å². The Kier molecular flexibility index (Phi) is 6.07. The SMILES string of the molecule is CCN(C)c1cccc(NC(=O)N[C@H](C)Cc2c(C)nn(C)c2C)c1. The maximum Gasteiger partial charge on any atom is 0.319 e. The molecule has 1 heterocycles. The zero-order valence-corrected chi connectivity index (χ0v) is 16.1. The van der Waals surface area contributed by atoms with Gasteiger partial charge in [-0.1, -0.05) is 6.07 Å². The molecule has 0 saturated heterocycles. The Bertz CT molecular complexity index is 737. The summed E-state index contributed by atoms with van der Waals surface area (Å²) in [6.45, 7) is 9.07. The highest BCUT2D eigenvalue weighted by Crippen LogP contribution is 2.18. The lowest BCUT2D eigenvalue weighted by atomic mass is 10.1. The van der Waals surface area contributed by atoms with Gasteiger partial charge >= 0.3 is 6.03 Å². The summed E-state index contributed by atoms with van der Waals surface area (Å²) in [5, 5.41) is 10.3. The van der Waals surface area contributed by atoms with Crippen molar-refractivity contribution in [2.75, 3.05) is 23.8 Å². The third-order valence-corrected chi connectivity index (χ3v) is 4.57. The first-order valence-electron chi connectivity index (χ1n) is 8.69. The fourth-order valence-electron chi connectivity index (χ4n) is 2.86. The van der Waals surface area contributed by atoms with Crippen LogP contribution < -0.4 is 15.5 Å². The number of carbonyl (C=O) groups excluding carboxylic acids is 1. The molecule has 25 heavy (non-hydrogen) atoms. The van der Waals surface area contributed by atoms with Crippen molar-refractivity contribution >= 4 is 17.4 Å². The molecule has 6 heteroatoms. The lowest BCUT2D eigenvalue weighted by Crippen LogP contribution is -2.37. The molecule has 1 aromatic carbocycles. The molecular weight excluding hydrogens is 314 g/mol. The van der Waals surface area contributed by atoms with Gasteiger partial charge in [-0.25, -0.2) is 4.79 Å². The fraction of sp³-hybridized carbons (Fsp3) is 0.474. The quantitative estimate of drug-likeness (QED) is 0.846. The van der Waals surface area contributed by atoms with E-state index in [1.54, 1.807) is 0 Å². The zero-order valence-electron chi connectivity index (χ0n) is 16.1. The third-order valence-electron chi connectivity index (χ3n) is 4.57. The van der Waals surface area contributed by atoms with Crippen molar-refractivity contribution in [3.63, 3.8) is 0 Å². The molecule has 0 fully saturated rings. The minimum Gasteiger partial charge on any atom is -0.375 e. The molecule has 0 unspecified atom stereocenters. The van der Waals surface area contributed by atoms with Crippen molar-refractivity contribution in [2.24, 2.45) is 7.05 Å². The predicted octanol–water partition coefficient (Wildman–Crippen LogP) is 3.25. The summed E-state index contributed by atoms with van der Waals surface area (Å²) in [4.78, 5) is 14.4. The van der Waals surface area contributed by atoms with Gasteiger partial charge in [0.1, 0.15) is 0 Å². The zero-order chi connectivity index (χ0) is 18.6. The van der Waals surface area contributed by atoms with E-state index in [1.165, 1.54) is 5.56 Å². The van der Waals surface area contributed by atoms with Crippen molar-refractivity contribution < 1.29 is 4.79 Å². The van der Waals surface area contributed by atoms with E-state index in [0.717, 1.165) is 35.7 Å². The molecule has 1 aromatic heterocycles. The van der Waals surface area contributed by atoms with Crippen molar-refractivity contribution in [3.8, 4) is 0 Å². The van der Waals surface area contributed by atoms with E-state index in [2.05, 4.69) is 34.5 Å². The predicted molar refractivity (Wildman–Crippen MR) is 103 cm³/mol. The number of benzene rings is 1. The summed E-state index contributed by atoms with van der Waals surface area (Å²) >= 11 is 0. The lowest BCUT2D eigenvalue weighted by Gasteiger charge is -2.18. The van der Waals surface area contributed by atoms with E-state index in [4.69, 9.17) is 0 Å². The maximum atomic E-state index is 12.3. The van der Waals surface area contributed by atoms with Crippen LogP contribution in [0.4, 0.5) is 16.2 Å². The molecule has 0 aliphatic rings. The van der Waals surface area contributed by atoms with Gasteiger partial charge in [0.15, 0.2) is 0 Å². The van der Waals surface area contributed by atoms with Crippen molar-refractivity contribution in [1.29, 1.82) is 0 Å². The van der Waals surface area contributed by atoms with Crippen LogP contribution in [0, 0.1) is 13.8 Å². The second kappa shape index (κ2) is 8.05. The van der Waals surface area contributed by atoms with Gasteiger partial charge in [-0.15, -0.1) is 0 Å². The van der Waals surface area contributed by atoms with Gasteiger partial charge in [-0.2, -0.15) is 5.10 Å². The molecular formula is C19H29N5O. The number of nitrogens with zero attached hydrogens (tertiary/aromatic N) is 3. The van der Waals surface area contributed by atoms with E-state index in [1.807, 2.05) is 56.9 Å². The normalized spacial score (nSPS) is 11.9. The molecule has 0 bridgehead atoms. The van der Waals surface area contributed by atoms with Crippen molar-refractivity contribution in [1.82, 2.24) is 15.1 Å². The Balaban J connectivity index is 1.95. The number of hydrogen-bond donors (Lipinski definition) is 2. The molecule has 0 saturated carbocycles. The van der Waals surface area contributed by atoms with Crippen LogP contribution in [0.25, 0.3) is 0 Å². The molecule has 1 atom stereocenters. The van der Waals surface area contributed by atoms with Crippen LogP contribution in [0.15, 0.2) is 24.3 Å². The van der Waals surface area contributed by atoms with Crippen LogP contribution in [-0.2, 0) is 13.5 Å². The first-order valence-corrected chi connectivity index (χ1v) is 8.69. The second-order valence-electron chi connectivity index (χ2n) is 6.54. The fourth-order valence-corrected chi connectivity index (χ4v) is 2.86. The minimum absolute atomic E-state index is 0.0168. The molecule has 2 N–H and O–H groups in total. The van der Waals surface area contributed by atoms with Crippen LogP contribution in [-0.4, -0.2) is 35.4 Å². The Labute approximate surface area is 150 Å². The van der Waals surface area contributed by atoms with E-state index < -0.39 is 0 Å². The van der Waals surface area contributed by atoms with E-state index in [-0.39, 0.29) is 12.1 Å². The van der Waals surface area contributed by atoms with Crippen molar-refractivity contribution in [3.05, 3.63) is 41.2 Å². The highest BCUT2D eigenvalue weighted by Gasteiger charge is 2.15. The molecule has 2 amide bonds. The summed E-state index contributed by atoms with van der Waals surface area (Å²) in [7, 11) is 3.97. The Morgan fingerprint density at radius 2 is 2.08 bits per heavy atom. The van der Waals surface area contributed by atoms with Gasteiger partial charge in [-0.3, -0.25) is 4.68 Å². The summed E-state index contributed by atoms with van der Waals surface area (Å²) in [5.74, 6) is 0. The largest absolute Gasteiger partial charge is 0.375 e. The summed E-state index contributed by atoms with van der Waals surface area (Å²) in [6.07, 6.45) is 0.761. The second-order valence-corrected chi connectivity index (χ2v) is 6.54. The Morgan fingerprint density at radius 3 is 2.68 bits per heavy atom. The number of aromatic nitrogens is 2. The highest BCUT2D eigenvalue weighted by atomic mass is 16.2. The van der Waals surface area contributed by atoms with Gasteiger partial charge in [0.25, 0.3) is 0 Å².